The van der Waals surface area contributed by atoms with Crippen LogP contribution >= 0.6 is 11.3 Å². The summed E-state index contributed by atoms with van der Waals surface area (Å²) in [6.45, 7) is 10.1. The molecule has 0 aromatic carbocycles. The van der Waals surface area contributed by atoms with E-state index in [4.69, 9.17) is 0 Å². The lowest BCUT2D eigenvalue weighted by Gasteiger charge is -2.35. The van der Waals surface area contributed by atoms with Crippen molar-refractivity contribution in [1.82, 2.24) is 25.0 Å². The van der Waals surface area contributed by atoms with Crippen LogP contribution in [-0.4, -0.2) is 50.7 Å². The fourth-order valence-corrected chi connectivity index (χ4v) is 4.93. The maximum Gasteiger partial charge on any atom is 0.0795 e. The number of piperidine rings is 1. The molecule has 0 amide bonds. The van der Waals surface area contributed by atoms with Gasteiger partial charge in [0, 0.05) is 49.8 Å². The van der Waals surface area contributed by atoms with E-state index in [0.29, 0.717) is 12.0 Å². The molecule has 2 aromatic heterocycles. The Morgan fingerprint density at radius 2 is 2.12 bits per heavy atom. The number of hydrogen-bond acceptors (Lipinski definition) is 5. The average molecular weight is 360 g/mol. The van der Waals surface area contributed by atoms with Gasteiger partial charge in [-0.3, -0.25) is 14.9 Å². The van der Waals surface area contributed by atoms with Gasteiger partial charge in [0.1, 0.15) is 0 Å². The van der Waals surface area contributed by atoms with Crippen molar-refractivity contribution in [1.29, 1.82) is 0 Å². The molecule has 136 valence electrons. The van der Waals surface area contributed by atoms with Crippen LogP contribution in [-0.2, 0) is 19.5 Å². The molecular formula is C19H29N5S. The first kappa shape index (κ1) is 17.2. The van der Waals surface area contributed by atoms with Crippen LogP contribution in [0.3, 0.4) is 0 Å². The Bertz CT molecular complexity index is 665. The standard InChI is InChI=1S/C19H29N5S/c1-14(2)5-16-6-17(22-21-16)10-24-8-15-3-4-19(24)11-23(7-15)9-18-12-25-13-20-18/h6,12-15,19H,3-5,7-11H2,1-2H3,(H,21,22)/t15-,19+/m1/s1. The number of nitrogens with zero attached hydrogens (tertiary/aromatic N) is 4. The van der Waals surface area contributed by atoms with Gasteiger partial charge in [-0.1, -0.05) is 13.8 Å². The van der Waals surface area contributed by atoms with Gasteiger partial charge < -0.3 is 0 Å². The zero-order chi connectivity index (χ0) is 17.2. The van der Waals surface area contributed by atoms with E-state index >= 15 is 0 Å². The van der Waals surface area contributed by atoms with Gasteiger partial charge in [0.15, 0.2) is 0 Å². The van der Waals surface area contributed by atoms with Crippen molar-refractivity contribution in [2.75, 3.05) is 19.6 Å². The Morgan fingerprint density at radius 3 is 2.92 bits per heavy atom. The second kappa shape index (κ2) is 7.56. The highest BCUT2D eigenvalue weighted by molar-refractivity contribution is 7.07. The van der Waals surface area contributed by atoms with Crippen molar-refractivity contribution in [2.45, 2.75) is 52.2 Å². The van der Waals surface area contributed by atoms with Gasteiger partial charge in [0.25, 0.3) is 0 Å². The lowest BCUT2D eigenvalue weighted by Crippen LogP contribution is -2.43. The molecule has 0 aliphatic carbocycles. The third-order valence-electron chi connectivity index (χ3n) is 5.45. The topological polar surface area (TPSA) is 48.0 Å². The van der Waals surface area contributed by atoms with Crippen LogP contribution in [0.15, 0.2) is 17.0 Å². The first-order valence-corrected chi connectivity index (χ1v) is 10.5. The number of thiazole rings is 1. The summed E-state index contributed by atoms with van der Waals surface area (Å²) in [7, 11) is 0. The van der Waals surface area contributed by atoms with Crippen molar-refractivity contribution in [2.24, 2.45) is 11.8 Å². The maximum atomic E-state index is 4.50. The van der Waals surface area contributed by atoms with Crippen LogP contribution in [0.4, 0.5) is 0 Å². The van der Waals surface area contributed by atoms with Crippen LogP contribution in [0.25, 0.3) is 0 Å². The third-order valence-corrected chi connectivity index (χ3v) is 6.08. The number of nitrogens with one attached hydrogen (secondary N) is 1. The molecular weight excluding hydrogens is 330 g/mol. The van der Waals surface area contributed by atoms with Gasteiger partial charge in [-0.25, -0.2) is 4.98 Å². The van der Waals surface area contributed by atoms with Gasteiger partial charge in [-0.2, -0.15) is 5.10 Å². The molecule has 1 N–H and O–H groups in total. The van der Waals surface area contributed by atoms with Gasteiger partial charge in [0.2, 0.25) is 0 Å². The minimum Gasteiger partial charge on any atom is -0.296 e. The van der Waals surface area contributed by atoms with Gasteiger partial charge >= 0.3 is 0 Å². The van der Waals surface area contributed by atoms with Crippen molar-refractivity contribution in [3.63, 3.8) is 0 Å². The van der Waals surface area contributed by atoms with E-state index in [-0.39, 0.29) is 0 Å². The van der Waals surface area contributed by atoms with Gasteiger partial charge in [-0.15, -0.1) is 11.3 Å². The van der Waals surface area contributed by atoms with Crippen molar-refractivity contribution in [3.05, 3.63) is 34.0 Å². The van der Waals surface area contributed by atoms with E-state index < -0.39 is 0 Å². The Hall–Kier alpha value is -1.24. The van der Waals surface area contributed by atoms with Gasteiger partial charge in [0.05, 0.1) is 16.9 Å². The number of hydrogen-bond donors (Lipinski definition) is 1. The highest BCUT2D eigenvalue weighted by atomic mass is 32.1. The third kappa shape index (κ3) is 4.30. The lowest BCUT2D eigenvalue weighted by molar-refractivity contribution is 0.121. The Balaban J connectivity index is 1.39. The molecule has 0 spiro atoms. The van der Waals surface area contributed by atoms with Crippen LogP contribution in [0, 0.1) is 11.8 Å². The van der Waals surface area contributed by atoms with Crippen LogP contribution in [0.1, 0.15) is 43.8 Å². The molecule has 2 atom stereocenters. The lowest BCUT2D eigenvalue weighted by atomic mass is 9.95. The highest BCUT2D eigenvalue weighted by Crippen LogP contribution is 2.29. The second-order valence-electron chi connectivity index (χ2n) is 8.18. The molecule has 3 saturated heterocycles. The molecule has 5 rings (SSSR count). The SMILES string of the molecule is CC(C)Cc1cc(CN2C[C@@H]3CC[C@H]2CN(Cc2cscn2)C3)[nH]n1. The van der Waals surface area contributed by atoms with Crippen molar-refractivity contribution < 1.29 is 0 Å². The zero-order valence-corrected chi connectivity index (χ0v) is 16.1. The summed E-state index contributed by atoms with van der Waals surface area (Å²) in [4.78, 5) is 9.78. The first-order valence-electron chi connectivity index (χ1n) is 9.52. The Morgan fingerprint density at radius 1 is 1.20 bits per heavy atom. The summed E-state index contributed by atoms with van der Waals surface area (Å²) in [6, 6.07) is 2.93. The summed E-state index contributed by atoms with van der Waals surface area (Å²) < 4.78 is 0. The van der Waals surface area contributed by atoms with Gasteiger partial charge in [-0.05, 0) is 37.2 Å². The molecule has 3 aliphatic heterocycles. The Labute approximate surface area is 154 Å². The molecule has 25 heavy (non-hydrogen) atoms. The maximum absolute atomic E-state index is 4.50. The summed E-state index contributed by atoms with van der Waals surface area (Å²) in [5.41, 5.74) is 5.65. The average Bonchev–Trinajstić information content (AvgIpc) is 3.13. The van der Waals surface area contributed by atoms with Crippen molar-refractivity contribution >= 4 is 11.3 Å². The first-order chi connectivity index (χ1) is 12.2. The molecule has 2 bridgehead atoms. The Kier molecular flexibility index (Phi) is 5.20. The fraction of sp³-hybridized carbons (Fsp3) is 0.684. The quantitative estimate of drug-likeness (QED) is 0.861. The smallest absolute Gasteiger partial charge is 0.0795 e. The summed E-state index contributed by atoms with van der Waals surface area (Å²) >= 11 is 1.70. The minimum absolute atomic E-state index is 0.657. The zero-order valence-electron chi connectivity index (χ0n) is 15.3. The molecule has 5 nitrogen and oxygen atoms in total. The monoisotopic (exact) mass is 359 g/mol. The molecule has 3 aliphatic rings. The summed E-state index contributed by atoms with van der Waals surface area (Å²) in [5, 5.41) is 9.96. The van der Waals surface area contributed by atoms with E-state index in [1.807, 2.05) is 5.51 Å². The number of rotatable bonds is 6. The van der Waals surface area contributed by atoms with Crippen LogP contribution < -0.4 is 0 Å². The number of aromatic amines is 1. The number of aromatic nitrogens is 3. The summed E-state index contributed by atoms with van der Waals surface area (Å²) in [6.07, 6.45) is 3.76. The number of fused-ring (bicyclic) bond motifs is 4. The van der Waals surface area contributed by atoms with E-state index in [2.05, 4.69) is 50.3 Å². The molecule has 2 aromatic rings. The predicted octanol–water partition coefficient (Wildman–Crippen LogP) is 3.16. The molecule has 5 heterocycles. The molecule has 0 saturated carbocycles. The second-order valence-corrected chi connectivity index (χ2v) is 8.90. The van der Waals surface area contributed by atoms with Crippen LogP contribution in [0.5, 0.6) is 0 Å². The van der Waals surface area contributed by atoms with Crippen molar-refractivity contribution in [3.8, 4) is 0 Å². The van der Waals surface area contributed by atoms with Crippen LogP contribution in [0.2, 0.25) is 0 Å². The fourth-order valence-electron chi connectivity index (χ4n) is 4.38. The predicted molar refractivity (Wildman–Crippen MR) is 101 cm³/mol. The minimum atomic E-state index is 0.657. The van der Waals surface area contributed by atoms with E-state index in [9.17, 15) is 0 Å². The number of H-pyrrole nitrogens is 1. The summed E-state index contributed by atoms with van der Waals surface area (Å²) in [5.74, 6) is 1.44. The van der Waals surface area contributed by atoms with E-state index in [1.165, 1.54) is 49.6 Å². The van der Waals surface area contributed by atoms with E-state index in [1.54, 1.807) is 11.3 Å². The molecule has 0 radical (unpaired) electrons. The molecule has 6 heteroatoms. The molecule has 3 fully saturated rings. The normalized spacial score (nSPS) is 24.9. The largest absolute Gasteiger partial charge is 0.296 e. The molecule has 0 unspecified atom stereocenters. The highest BCUT2D eigenvalue weighted by Gasteiger charge is 2.35. The van der Waals surface area contributed by atoms with E-state index in [0.717, 1.165) is 25.4 Å².